The summed E-state index contributed by atoms with van der Waals surface area (Å²) in [6.07, 6.45) is 6.00. The zero-order valence-corrected chi connectivity index (χ0v) is 24.3. The maximum absolute atomic E-state index is 14.5. The number of aliphatic hydroxyl groups is 1. The monoisotopic (exact) mass is 563 g/mol. The van der Waals surface area contributed by atoms with Gasteiger partial charge in [-0.15, -0.1) is 24.9 Å². The number of thioether (sulfide) groups is 1. The molecular weight excluding hydrogens is 518 g/mol. The van der Waals surface area contributed by atoms with Gasteiger partial charge >= 0.3 is 5.97 Å². The van der Waals surface area contributed by atoms with Gasteiger partial charge < -0.3 is 24.4 Å². The maximum atomic E-state index is 14.5. The summed E-state index contributed by atoms with van der Waals surface area (Å²) in [6.45, 7) is 16.3. The normalized spacial score (nSPS) is 30.9. The fourth-order valence-corrected chi connectivity index (χ4v) is 9.09. The molecule has 4 rings (SSSR count). The first-order valence-corrected chi connectivity index (χ1v) is 15.2. The molecule has 4 aliphatic heterocycles. The number of rotatable bonds is 14. The fourth-order valence-electron chi connectivity index (χ4n) is 6.90. The summed E-state index contributed by atoms with van der Waals surface area (Å²) in [7, 11) is 0. The van der Waals surface area contributed by atoms with Gasteiger partial charge in [0.05, 0.1) is 49.1 Å². The van der Waals surface area contributed by atoms with Gasteiger partial charge in [-0.3, -0.25) is 19.3 Å². The third kappa shape index (κ3) is 5.94. The molecule has 4 aliphatic rings. The minimum atomic E-state index is -0.739. The lowest BCUT2D eigenvalue weighted by molar-refractivity contribution is -0.154. The van der Waals surface area contributed by atoms with E-state index in [1.165, 1.54) is 0 Å². The van der Waals surface area contributed by atoms with E-state index in [9.17, 15) is 19.5 Å². The standard InChI is InChI=1S/C29H45N3O6S/c1-5-7-15-38-28(36)23-22-8-9-29(39-22)24(23)26(34)32(21(19-33)18-20(3)4)25(29)27(35)31(10-6-2)12-11-30-13-16-37-17-14-30/h5-6,20-25,33H,1-2,7-19H2,3-4H3/t21-,22-,23+,24+,25?,29?/m1/s1. The summed E-state index contributed by atoms with van der Waals surface area (Å²) in [5.74, 6) is -1.66. The van der Waals surface area contributed by atoms with Crippen LogP contribution in [0.3, 0.4) is 0 Å². The highest BCUT2D eigenvalue weighted by molar-refractivity contribution is 8.02. The van der Waals surface area contributed by atoms with Gasteiger partial charge in [-0.2, -0.15) is 0 Å². The van der Waals surface area contributed by atoms with Crippen LogP contribution >= 0.6 is 11.8 Å². The molecule has 4 fully saturated rings. The van der Waals surface area contributed by atoms with E-state index in [0.29, 0.717) is 52.1 Å². The number of hydrogen-bond donors (Lipinski definition) is 1. The second kappa shape index (κ2) is 13.2. The van der Waals surface area contributed by atoms with Crippen molar-refractivity contribution >= 4 is 29.5 Å². The van der Waals surface area contributed by atoms with Gasteiger partial charge in [0.25, 0.3) is 0 Å². The Hall–Kier alpha value is -1.88. The molecule has 0 aliphatic carbocycles. The Bertz CT molecular complexity index is 925. The number of likely N-dealkylation sites (tertiary alicyclic amines) is 1. The topological polar surface area (TPSA) is 99.6 Å². The molecular formula is C29H45N3O6S. The molecule has 1 spiro atoms. The van der Waals surface area contributed by atoms with Crippen LogP contribution in [0.2, 0.25) is 0 Å². The Morgan fingerprint density at radius 1 is 1.28 bits per heavy atom. The first-order valence-electron chi connectivity index (χ1n) is 14.4. The van der Waals surface area contributed by atoms with Crippen LogP contribution < -0.4 is 0 Å². The Morgan fingerprint density at radius 3 is 2.67 bits per heavy atom. The van der Waals surface area contributed by atoms with E-state index in [4.69, 9.17) is 9.47 Å². The summed E-state index contributed by atoms with van der Waals surface area (Å²) < 4.78 is 10.3. The lowest BCUT2D eigenvalue weighted by Crippen LogP contribution is -2.58. The number of carbonyl (C=O) groups excluding carboxylic acids is 3. The smallest absolute Gasteiger partial charge is 0.310 e. The van der Waals surface area contributed by atoms with Crippen molar-refractivity contribution in [2.24, 2.45) is 17.8 Å². The molecule has 2 amide bonds. The lowest BCUT2D eigenvalue weighted by atomic mass is 9.71. The van der Waals surface area contributed by atoms with Crippen LogP contribution in [0.5, 0.6) is 0 Å². The molecule has 0 radical (unpaired) electrons. The molecule has 218 valence electrons. The average molecular weight is 564 g/mol. The molecule has 1 N–H and O–H groups in total. The van der Waals surface area contributed by atoms with Gasteiger partial charge in [0, 0.05) is 38.0 Å². The number of fused-ring (bicyclic) bond motifs is 1. The predicted octanol–water partition coefficient (Wildman–Crippen LogP) is 1.95. The van der Waals surface area contributed by atoms with Crippen LogP contribution in [-0.2, 0) is 23.9 Å². The highest BCUT2D eigenvalue weighted by atomic mass is 32.2. The molecule has 4 heterocycles. The van der Waals surface area contributed by atoms with Gasteiger partial charge in [0.1, 0.15) is 6.04 Å². The Balaban J connectivity index is 1.66. The number of esters is 1. The number of morpholine rings is 1. The molecule has 2 bridgehead atoms. The van der Waals surface area contributed by atoms with Crippen molar-refractivity contribution in [2.75, 3.05) is 59.2 Å². The highest BCUT2D eigenvalue weighted by Crippen LogP contribution is 2.67. The van der Waals surface area contributed by atoms with Crippen molar-refractivity contribution in [2.45, 2.75) is 61.6 Å². The summed E-state index contributed by atoms with van der Waals surface area (Å²) in [5.41, 5.74) is 0. The highest BCUT2D eigenvalue weighted by Gasteiger charge is 2.74. The second-order valence-electron chi connectivity index (χ2n) is 11.5. The third-order valence-electron chi connectivity index (χ3n) is 8.61. The van der Waals surface area contributed by atoms with Gasteiger partial charge in [0.2, 0.25) is 11.8 Å². The summed E-state index contributed by atoms with van der Waals surface area (Å²) in [5, 5.41) is 10.4. The third-order valence-corrected chi connectivity index (χ3v) is 10.6. The van der Waals surface area contributed by atoms with Crippen molar-refractivity contribution in [1.82, 2.24) is 14.7 Å². The largest absolute Gasteiger partial charge is 0.465 e. The molecule has 39 heavy (non-hydrogen) atoms. The quantitative estimate of drug-likeness (QED) is 0.195. The van der Waals surface area contributed by atoms with Crippen LogP contribution in [0.1, 0.15) is 39.5 Å². The Labute approximate surface area is 236 Å². The van der Waals surface area contributed by atoms with E-state index in [1.54, 1.807) is 33.7 Å². The Kier molecular flexibility index (Phi) is 10.2. The van der Waals surface area contributed by atoms with Gasteiger partial charge in [-0.05, 0) is 31.6 Å². The van der Waals surface area contributed by atoms with E-state index in [0.717, 1.165) is 19.5 Å². The maximum Gasteiger partial charge on any atom is 0.310 e. The first-order chi connectivity index (χ1) is 18.8. The lowest BCUT2D eigenvalue weighted by Gasteiger charge is -2.40. The molecule has 0 saturated carbocycles. The molecule has 0 aromatic carbocycles. The van der Waals surface area contributed by atoms with Crippen molar-refractivity contribution in [1.29, 1.82) is 0 Å². The van der Waals surface area contributed by atoms with Gasteiger partial charge in [-0.25, -0.2) is 0 Å². The van der Waals surface area contributed by atoms with Crippen molar-refractivity contribution < 1.29 is 29.0 Å². The van der Waals surface area contributed by atoms with Crippen molar-refractivity contribution in [3.8, 4) is 0 Å². The number of ether oxygens (including phenoxy) is 2. The number of aliphatic hydroxyl groups excluding tert-OH is 1. The van der Waals surface area contributed by atoms with Crippen molar-refractivity contribution in [3.63, 3.8) is 0 Å². The zero-order chi connectivity index (χ0) is 28.2. The van der Waals surface area contributed by atoms with E-state index in [-0.39, 0.29) is 42.2 Å². The fraction of sp³-hybridized carbons (Fsp3) is 0.759. The zero-order valence-electron chi connectivity index (χ0n) is 23.5. The van der Waals surface area contributed by atoms with Crippen LogP contribution in [-0.4, -0.2) is 119 Å². The molecule has 0 aromatic rings. The minimum absolute atomic E-state index is 0.0495. The average Bonchev–Trinajstić information content (AvgIpc) is 3.57. The number of nitrogens with zero attached hydrogens (tertiary/aromatic N) is 3. The predicted molar refractivity (Wildman–Crippen MR) is 151 cm³/mol. The van der Waals surface area contributed by atoms with Crippen LogP contribution in [0.25, 0.3) is 0 Å². The van der Waals surface area contributed by atoms with Crippen LogP contribution in [0.4, 0.5) is 0 Å². The van der Waals surface area contributed by atoms with E-state index < -0.39 is 28.7 Å². The number of amides is 2. The first kappa shape index (κ1) is 30.1. The van der Waals surface area contributed by atoms with Crippen LogP contribution in [0.15, 0.2) is 25.3 Å². The molecule has 4 saturated heterocycles. The molecule has 9 nitrogen and oxygen atoms in total. The summed E-state index contributed by atoms with van der Waals surface area (Å²) in [6, 6.07) is -1.23. The van der Waals surface area contributed by atoms with Gasteiger partial charge in [-0.1, -0.05) is 26.0 Å². The van der Waals surface area contributed by atoms with Gasteiger partial charge in [0.15, 0.2) is 0 Å². The summed E-state index contributed by atoms with van der Waals surface area (Å²) >= 11 is 1.63. The minimum Gasteiger partial charge on any atom is -0.465 e. The van der Waals surface area contributed by atoms with E-state index >= 15 is 0 Å². The molecule has 10 heteroatoms. The van der Waals surface area contributed by atoms with E-state index in [2.05, 4.69) is 18.1 Å². The number of carbonyl (C=O) groups is 3. The molecule has 6 atom stereocenters. The van der Waals surface area contributed by atoms with E-state index in [1.807, 2.05) is 13.8 Å². The van der Waals surface area contributed by atoms with Crippen LogP contribution in [0, 0.1) is 17.8 Å². The summed E-state index contributed by atoms with van der Waals surface area (Å²) in [4.78, 5) is 47.8. The molecule has 2 unspecified atom stereocenters. The number of hydrogen-bond acceptors (Lipinski definition) is 8. The SMILES string of the molecule is C=CCCOC(=O)[C@@H]1[C@H]2C(=O)N([C@@H](CO)CC(C)C)C(C(=O)N(CC=C)CCN3CCOCC3)C23CC[C@H]1S3. The Morgan fingerprint density at radius 2 is 2.03 bits per heavy atom. The van der Waals surface area contributed by atoms with Crippen molar-refractivity contribution in [3.05, 3.63) is 25.3 Å². The second-order valence-corrected chi connectivity index (χ2v) is 13.1. The molecule has 0 aromatic heterocycles.